The van der Waals surface area contributed by atoms with E-state index in [4.69, 9.17) is 0 Å². The standard InChI is InChI=1S/C20H22N10O2S/c1-3-21-17-24-18(22-4-2)30-19(25-17)28-29-20(30)33-11-16(32)23-13-7-5-6-12(10-13)14-8-9-15(31)27-26-14/h5-10H,3-4,11H2,1-2H3,(H,23,32)(H,27,31)(H2,21,22,24,25,28). The Morgan fingerprint density at radius 1 is 1.09 bits per heavy atom. The topological polar surface area (TPSA) is 155 Å². The number of fused-ring (bicyclic) bond motifs is 1. The highest BCUT2D eigenvalue weighted by molar-refractivity contribution is 7.99. The zero-order valence-electron chi connectivity index (χ0n) is 18.0. The first-order valence-electron chi connectivity index (χ1n) is 10.3. The molecule has 0 atom stereocenters. The van der Waals surface area contributed by atoms with Crippen molar-refractivity contribution >= 4 is 41.0 Å². The van der Waals surface area contributed by atoms with Crippen molar-refractivity contribution in [3.63, 3.8) is 0 Å². The highest BCUT2D eigenvalue weighted by atomic mass is 32.2. The van der Waals surface area contributed by atoms with Gasteiger partial charge in [0.25, 0.3) is 11.3 Å². The largest absolute Gasteiger partial charge is 0.355 e. The Labute approximate surface area is 192 Å². The second kappa shape index (κ2) is 10.1. The summed E-state index contributed by atoms with van der Waals surface area (Å²) in [6.45, 7) is 5.25. The van der Waals surface area contributed by atoms with Crippen molar-refractivity contribution in [3.05, 3.63) is 46.8 Å². The quantitative estimate of drug-likeness (QED) is 0.269. The predicted octanol–water partition coefficient (Wildman–Crippen LogP) is 1.86. The number of aromatic nitrogens is 7. The van der Waals surface area contributed by atoms with E-state index < -0.39 is 0 Å². The fourth-order valence-electron chi connectivity index (χ4n) is 2.99. The molecule has 0 fully saturated rings. The summed E-state index contributed by atoms with van der Waals surface area (Å²) in [5, 5.41) is 24.3. The van der Waals surface area contributed by atoms with Gasteiger partial charge >= 0.3 is 0 Å². The molecule has 1 amide bonds. The van der Waals surface area contributed by atoms with Crippen molar-refractivity contribution < 1.29 is 4.79 Å². The second-order valence-electron chi connectivity index (χ2n) is 6.77. The molecule has 13 heteroatoms. The van der Waals surface area contributed by atoms with Gasteiger partial charge in [0.2, 0.25) is 17.8 Å². The zero-order valence-corrected chi connectivity index (χ0v) is 18.8. The molecule has 3 aromatic heterocycles. The summed E-state index contributed by atoms with van der Waals surface area (Å²) >= 11 is 1.23. The van der Waals surface area contributed by atoms with Crippen LogP contribution in [0.2, 0.25) is 0 Å². The maximum atomic E-state index is 12.6. The summed E-state index contributed by atoms with van der Waals surface area (Å²) in [5.41, 5.74) is 1.71. The van der Waals surface area contributed by atoms with Crippen LogP contribution >= 0.6 is 11.8 Å². The highest BCUT2D eigenvalue weighted by Crippen LogP contribution is 2.23. The number of benzene rings is 1. The molecular formula is C20H22N10O2S. The molecule has 0 aliphatic heterocycles. The Bertz CT molecular complexity index is 1320. The molecule has 0 radical (unpaired) electrons. The summed E-state index contributed by atoms with van der Waals surface area (Å²) in [6.07, 6.45) is 0. The summed E-state index contributed by atoms with van der Waals surface area (Å²) in [7, 11) is 0. The normalized spacial score (nSPS) is 10.8. The van der Waals surface area contributed by atoms with E-state index in [9.17, 15) is 9.59 Å². The van der Waals surface area contributed by atoms with Crippen LogP contribution in [0.25, 0.3) is 17.0 Å². The second-order valence-corrected chi connectivity index (χ2v) is 7.72. The third kappa shape index (κ3) is 5.26. The lowest BCUT2D eigenvalue weighted by Gasteiger charge is -2.10. The molecule has 4 N–H and O–H groups in total. The van der Waals surface area contributed by atoms with Crippen molar-refractivity contribution in [1.29, 1.82) is 0 Å². The molecule has 4 rings (SSSR count). The number of hydrogen-bond donors (Lipinski definition) is 4. The molecule has 33 heavy (non-hydrogen) atoms. The van der Waals surface area contributed by atoms with Crippen LogP contribution in [0, 0.1) is 0 Å². The summed E-state index contributed by atoms with van der Waals surface area (Å²) < 4.78 is 1.69. The molecule has 0 bridgehead atoms. The van der Waals surface area contributed by atoms with Crippen molar-refractivity contribution in [2.75, 3.05) is 34.8 Å². The number of H-pyrrole nitrogens is 1. The van der Waals surface area contributed by atoms with Crippen molar-refractivity contribution in [1.82, 2.24) is 34.8 Å². The van der Waals surface area contributed by atoms with Crippen LogP contribution in [0.3, 0.4) is 0 Å². The van der Waals surface area contributed by atoms with Gasteiger partial charge in [0.15, 0.2) is 5.16 Å². The Morgan fingerprint density at radius 2 is 1.94 bits per heavy atom. The Morgan fingerprint density at radius 3 is 2.70 bits per heavy atom. The fourth-order valence-corrected chi connectivity index (χ4v) is 3.71. The number of aromatic amines is 1. The first kappa shape index (κ1) is 22.2. The summed E-state index contributed by atoms with van der Waals surface area (Å²) in [6, 6.07) is 10.2. The minimum Gasteiger partial charge on any atom is -0.355 e. The van der Waals surface area contributed by atoms with Crippen LogP contribution in [0.5, 0.6) is 0 Å². The lowest BCUT2D eigenvalue weighted by Crippen LogP contribution is -2.15. The molecule has 0 saturated heterocycles. The maximum Gasteiger partial charge on any atom is 0.264 e. The number of thioether (sulfide) groups is 1. The molecule has 4 aromatic rings. The molecule has 1 aromatic carbocycles. The number of rotatable bonds is 9. The molecule has 0 unspecified atom stereocenters. The first-order valence-corrected chi connectivity index (χ1v) is 11.3. The van der Waals surface area contributed by atoms with E-state index in [1.165, 1.54) is 17.8 Å². The van der Waals surface area contributed by atoms with Gasteiger partial charge in [-0.2, -0.15) is 15.1 Å². The number of nitrogens with one attached hydrogen (secondary N) is 4. The number of anilines is 3. The number of hydrogen-bond acceptors (Lipinski definition) is 10. The van der Waals surface area contributed by atoms with E-state index in [2.05, 4.69) is 46.3 Å². The van der Waals surface area contributed by atoms with E-state index in [1.807, 2.05) is 19.9 Å². The van der Waals surface area contributed by atoms with E-state index in [0.717, 1.165) is 5.56 Å². The molecule has 0 aliphatic rings. The van der Waals surface area contributed by atoms with Crippen LogP contribution in [0.15, 0.2) is 46.3 Å². The van der Waals surface area contributed by atoms with Crippen molar-refractivity contribution in [3.8, 4) is 11.3 Å². The van der Waals surface area contributed by atoms with Crippen LogP contribution in [-0.2, 0) is 4.79 Å². The van der Waals surface area contributed by atoms with Gasteiger partial charge in [0.1, 0.15) is 0 Å². The van der Waals surface area contributed by atoms with Gasteiger partial charge in [-0.05, 0) is 32.0 Å². The maximum absolute atomic E-state index is 12.6. The molecular weight excluding hydrogens is 444 g/mol. The van der Waals surface area contributed by atoms with Gasteiger partial charge in [-0.15, -0.1) is 10.2 Å². The van der Waals surface area contributed by atoms with E-state index in [-0.39, 0.29) is 17.2 Å². The molecule has 170 valence electrons. The van der Waals surface area contributed by atoms with Gasteiger partial charge in [-0.25, -0.2) is 9.50 Å². The minimum absolute atomic E-state index is 0.114. The number of carbonyl (C=O) groups is 1. The molecule has 12 nitrogen and oxygen atoms in total. The van der Waals surface area contributed by atoms with Crippen LogP contribution in [0.4, 0.5) is 17.6 Å². The average molecular weight is 467 g/mol. The van der Waals surface area contributed by atoms with E-state index in [1.54, 1.807) is 28.7 Å². The molecule has 0 aliphatic carbocycles. The van der Waals surface area contributed by atoms with Crippen LogP contribution in [-0.4, -0.2) is 59.5 Å². The fraction of sp³-hybridized carbons (Fsp3) is 0.250. The Hall–Kier alpha value is -4.00. The SMILES string of the molecule is CCNc1nc(NCC)n2c(SCC(=O)Nc3cccc(-c4ccc(=O)[nH]n4)c3)nnc2n1. The Balaban J connectivity index is 1.46. The lowest BCUT2D eigenvalue weighted by molar-refractivity contribution is -0.113. The number of carbonyl (C=O) groups excluding carboxylic acids is 1. The van der Waals surface area contributed by atoms with E-state index >= 15 is 0 Å². The van der Waals surface area contributed by atoms with Gasteiger partial charge in [-0.3, -0.25) is 9.59 Å². The summed E-state index contributed by atoms with van der Waals surface area (Å²) in [4.78, 5) is 32.6. The van der Waals surface area contributed by atoms with Crippen LogP contribution < -0.4 is 21.5 Å². The van der Waals surface area contributed by atoms with Crippen molar-refractivity contribution in [2.45, 2.75) is 19.0 Å². The lowest BCUT2D eigenvalue weighted by atomic mass is 10.1. The van der Waals surface area contributed by atoms with Crippen LogP contribution in [0.1, 0.15) is 13.8 Å². The highest BCUT2D eigenvalue weighted by Gasteiger charge is 2.16. The first-order chi connectivity index (χ1) is 16.1. The van der Waals surface area contributed by atoms with Gasteiger partial charge in [0.05, 0.1) is 11.4 Å². The van der Waals surface area contributed by atoms with Gasteiger partial charge in [0, 0.05) is 30.4 Å². The minimum atomic E-state index is -0.276. The summed E-state index contributed by atoms with van der Waals surface area (Å²) in [5.74, 6) is 1.30. The zero-order chi connectivity index (χ0) is 23.2. The number of amides is 1. The monoisotopic (exact) mass is 466 g/mol. The Kier molecular flexibility index (Phi) is 6.78. The molecule has 0 saturated carbocycles. The third-order valence-electron chi connectivity index (χ3n) is 4.37. The molecule has 0 spiro atoms. The molecule has 3 heterocycles. The average Bonchev–Trinajstić information content (AvgIpc) is 3.22. The number of nitrogens with zero attached hydrogens (tertiary/aromatic N) is 6. The van der Waals surface area contributed by atoms with E-state index in [0.29, 0.717) is 47.3 Å². The van der Waals surface area contributed by atoms with Gasteiger partial charge in [-0.1, -0.05) is 23.9 Å². The van der Waals surface area contributed by atoms with Gasteiger partial charge < -0.3 is 16.0 Å². The smallest absolute Gasteiger partial charge is 0.264 e. The van der Waals surface area contributed by atoms with Crippen molar-refractivity contribution in [2.24, 2.45) is 0 Å². The third-order valence-corrected chi connectivity index (χ3v) is 5.30. The predicted molar refractivity (Wildman–Crippen MR) is 127 cm³/mol.